The number of fused-ring (bicyclic) bond motifs is 1. The minimum absolute atomic E-state index is 0.0475. The molecule has 1 fully saturated rings. The molecule has 0 saturated carbocycles. The number of aliphatic imine (C=N–C) groups is 1. The highest BCUT2D eigenvalue weighted by atomic mass is 32.2. The first-order valence-corrected chi connectivity index (χ1v) is 15.3. The number of carboxylic acids is 1. The monoisotopic (exact) mass is 596 g/mol. The Labute approximate surface area is 242 Å². The number of guanidine groups is 1. The molecule has 1 amide bonds. The highest BCUT2D eigenvalue weighted by molar-refractivity contribution is 7.89. The van der Waals surface area contributed by atoms with E-state index in [1.807, 2.05) is 6.07 Å². The molecule has 2 aliphatic rings. The lowest BCUT2D eigenvalue weighted by atomic mass is 9.92. The van der Waals surface area contributed by atoms with Gasteiger partial charge in [0.05, 0.1) is 12.8 Å². The minimum atomic E-state index is -3.98. The summed E-state index contributed by atoms with van der Waals surface area (Å²) in [5.74, 6) is -0.649. The van der Waals surface area contributed by atoms with Crippen molar-refractivity contribution >= 4 is 39.5 Å². The van der Waals surface area contributed by atoms with Crippen LogP contribution < -0.4 is 21.5 Å². The van der Waals surface area contributed by atoms with Crippen LogP contribution in [0.15, 0.2) is 28.1 Å². The molecule has 0 spiro atoms. The highest BCUT2D eigenvalue weighted by Crippen LogP contribution is 2.31. The van der Waals surface area contributed by atoms with E-state index in [-0.39, 0.29) is 29.2 Å². The number of nitrogens with zero attached hydrogens (tertiary/aromatic N) is 2. The van der Waals surface area contributed by atoms with Crippen molar-refractivity contribution in [3.63, 3.8) is 0 Å². The van der Waals surface area contributed by atoms with Crippen LogP contribution in [0.1, 0.15) is 57.9 Å². The van der Waals surface area contributed by atoms with Gasteiger partial charge in [-0.25, -0.2) is 8.42 Å². The zero-order valence-corrected chi connectivity index (χ0v) is 24.9. The van der Waals surface area contributed by atoms with Gasteiger partial charge in [-0.2, -0.15) is 4.72 Å². The van der Waals surface area contributed by atoms with Gasteiger partial charge >= 0.3 is 5.97 Å². The van der Waals surface area contributed by atoms with E-state index in [2.05, 4.69) is 22.0 Å². The lowest BCUT2D eigenvalue weighted by molar-refractivity contribution is -0.141. The van der Waals surface area contributed by atoms with Crippen LogP contribution in [0, 0.1) is 11.8 Å². The first-order valence-electron chi connectivity index (χ1n) is 13.8. The van der Waals surface area contributed by atoms with Gasteiger partial charge in [0.2, 0.25) is 15.9 Å². The fourth-order valence-electron chi connectivity index (χ4n) is 4.97. The van der Waals surface area contributed by atoms with Gasteiger partial charge in [0, 0.05) is 39.5 Å². The fourth-order valence-corrected chi connectivity index (χ4v) is 6.42. The predicted molar refractivity (Wildman–Crippen MR) is 156 cm³/mol. The molecule has 3 rings (SSSR count). The molecule has 1 saturated heterocycles. The summed E-state index contributed by atoms with van der Waals surface area (Å²) in [6.07, 6.45) is 4.07. The van der Waals surface area contributed by atoms with Crippen molar-refractivity contribution in [2.45, 2.75) is 69.7 Å². The van der Waals surface area contributed by atoms with Crippen molar-refractivity contribution in [3.05, 3.63) is 23.8 Å². The SMILES string of the molecule is CC(=O)O.COC(=O)CCC1CCN(C(=O)C(CCCN=C(N)N)NS(=O)(=O)c2cccc3c2NC[C@@H](C)C3)CC1. The van der Waals surface area contributed by atoms with Gasteiger partial charge in [0.25, 0.3) is 5.97 Å². The maximum atomic E-state index is 13.5. The maximum Gasteiger partial charge on any atom is 0.305 e. The standard InChI is InChI=1S/C25H40N6O5S.C2H4O2/c1-17-15-19-5-3-7-21(23(19)29-16-17)37(34,35)30-20(6-4-12-28-25(26)27)24(33)31-13-10-18(11-14-31)8-9-22(32)36-2;1-2(3)4/h3,5,7,17-18,20,29-30H,4,6,8-16H2,1-2H3,(H4,26,27,28);1H3,(H,3,4)/t17-,20?;/m0./s1. The number of carboxylic acid groups (broad SMARTS) is 1. The van der Waals surface area contributed by atoms with Gasteiger partial charge in [0.1, 0.15) is 10.9 Å². The number of ether oxygens (including phenoxy) is 1. The second-order valence-electron chi connectivity index (χ2n) is 10.5. The summed E-state index contributed by atoms with van der Waals surface area (Å²) in [5.41, 5.74) is 12.4. The minimum Gasteiger partial charge on any atom is -0.481 e. The van der Waals surface area contributed by atoms with Crippen molar-refractivity contribution in [2.75, 3.05) is 38.6 Å². The topological polar surface area (TPSA) is 207 Å². The van der Waals surface area contributed by atoms with Gasteiger partial charge in [-0.05, 0) is 62.0 Å². The van der Waals surface area contributed by atoms with Crippen molar-refractivity contribution in [3.8, 4) is 0 Å². The van der Waals surface area contributed by atoms with Crippen LogP contribution in [0.3, 0.4) is 0 Å². The van der Waals surface area contributed by atoms with Crippen LogP contribution in [0.2, 0.25) is 0 Å². The summed E-state index contributed by atoms with van der Waals surface area (Å²) in [6, 6.07) is 4.29. The van der Waals surface area contributed by atoms with Gasteiger partial charge in [-0.3, -0.25) is 19.4 Å². The molecule has 0 bridgehead atoms. The van der Waals surface area contributed by atoms with E-state index in [1.54, 1.807) is 17.0 Å². The molecule has 2 atom stereocenters. The number of amides is 1. The summed E-state index contributed by atoms with van der Waals surface area (Å²) in [6.45, 7) is 5.20. The molecule has 14 heteroatoms. The first kappa shape index (κ1) is 33.8. The largest absolute Gasteiger partial charge is 0.481 e. The van der Waals surface area contributed by atoms with Gasteiger partial charge in [-0.1, -0.05) is 19.1 Å². The van der Waals surface area contributed by atoms with Crippen molar-refractivity contribution < 1.29 is 32.6 Å². The quantitative estimate of drug-likeness (QED) is 0.107. The number of hydrogen-bond acceptors (Lipinski definition) is 8. The summed E-state index contributed by atoms with van der Waals surface area (Å²) in [5, 5.41) is 10.7. The summed E-state index contributed by atoms with van der Waals surface area (Å²) in [7, 11) is -2.61. The average molecular weight is 597 g/mol. The number of likely N-dealkylation sites (tertiary alicyclic amines) is 1. The van der Waals surface area contributed by atoms with E-state index < -0.39 is 22.0 Å². The second-order valence-corrected chi connectivity index (χ2v) is 12.2. The zero-order valence-electron chi connectivity index (χ0n) is 24.1. The van der Waals surface area contributed by atoms with Crippen LogP contribution >= 0.6 is 0 Å². The number of rotatable bonds is 11. The molecule has 230 valence electrons. The number of esters is 1. The normalized spacial score (nSPS) is 17.6. The number of nitrogens with two attached hydrogens (primary N) is 2. The lowest BCUT2D eigenvalue weighted by Crippen LogP contribution is -2.50. The van der Waals surface area contributed by atoms with Crippen LogP contribution in [-0.2, 0) is 35.6 Å². The Morgan fingerprint density at radius 3 is 2.51 bits per heavy atom. The first-order chi connectivity index (χ1) is 19.3. The molecule has 2 heterocycles. The number of anilines is 1. The zero-order chi connectivity index (χ0) is 30.6. The predicted octanol–water partition coefficient (Wildman–Crippen LogP) is 1.27. The number of methoxy groups -OCH3 is 1. The third-order valence-corrected chi connectivity index (χ3v) is 8.56. The molecular formula is C27H44N6O7S. The Bertz CT molecular complexity index is 1170. The Balaban J connectivity index is 0.00000138. The Kier molecular flexibility index (Phi) is 13.3. The van der Waals surface area contributed by atoms with Gasteiger partial charge in [-0.15, -0.1) is 0 Å². The molecule has 1 aromatic rings. The average Bonchev–Trinajstić information content (AvgIpc) is 2.92. The van der Waals surface area contributed by atoms with E-state index in [1.165, 1.54) is 7.11 Å². The number of piperidine rings is 1. The Morgan fingerprint density at radius 2 is 1.90 bits per heavy atom. The third kappa shape index (κ3) is 11.2. The molecular weight excluding hydrogens is 552 g/mol. The number of sulfonamides is 1. The number of benzene rings is 1. The van der Waals surface area contributed by atoms with E-state index in [0.717, 1.165) is 31.7 Å². The molecule has 2 aliphatic heterocycles. The summed E-state index contributed by atoms with van der Waals surface area (Å²) in [4.78, 5) is 39.8. The van der Waals surface area contributed by atoms with Crippen LogP contribution in [-0.4, -0.2) is 81.6 Å². The van der Waals surface area contributed by atoms with Gasteiger partial charge in [0.15, 0.2) is 5.96 Å². The van der Waals surface area contributed by atoms with Crippen LogP contribution in [0.25, 0.3) is 0 Å². The van der Waals surface area contributed by atoms with Crippen LogP contribution in [0.4, 0.5) is 5.69 Å². The number of aliphatic carboxylic acids is 1. The number of para-hydroxylation sites is 1. The number of carbonyl (C=O) groups excluding carboxylic acids is 2. The number of nitrogens with one attached hydrogen (secondary N) is 2. The second kappa shape index (κ2) is 16.2. The molecule has 1 aromatic carbocycles. The Morgan fingerprint density at radius 1 is 1.24 bits per heavy atom. The van der Waals surface area contributed by atoms with E-state index in [4.69, 9.17) is 26.1 Å². The summed E-state index contributed by atoms with van der Waals surface area (Å²) >= 11 is 0. The summed E-state index contributed by atoms with van der Waals surface area (Å²) < 4.78 is 34.4. The van der Waals surface area contributed by atoms with Crippen molar-refractivity contribution in [2.24, 2.45) is 28.3 Å². The maximum absolute atomic E-state index is 13.5. The molecule has 0 aromatic heterocycles. The third-order valence-electron chi connectivity index (χ3n) is 7.05. The van der Waals surface area contributed by atoms with E-state index in [0.29, 0.717) is 63.0 Å². The van der Waals surface area contributed by atoms with E-state index in [9.17, 15) is 18.0 Å². The Hall–Kier alpha value is -3.39. The van der Waals surface area contributed by atoms with Crippen LogP contribution in [0.5, 0.6) is 0 Å². The molecule has 7 N–H and O–H groups in total. The fraction of sp³-hybridized carbons (Fsp3) is 0.630. The lowest BCUT2D eigenvalue weighted by Gasteiger charge is -2.34. The number of hydrogen-bond donors (Lipinski definition) is 5. The highest BCUT2D eigenvalue weighted by Gasteiger charge is 2.33. The molecule has 0 radical (unpaired) electrons. The molecule has 13 nitrogen and oxygen atoms in total. The smallest absolute Gasteiger partial charge is 0.305 e. The molecule has 41 heavy (non-hydrogen) atoms. The van der Waals surface area contributed by atoms with Crippen molar-refractivity contribution in [1.82, 2.24) is 9.62 Å². The molecule has 1 unspecified atom stereocenters. The van der Waals surface area contributed by atoms with E-state index >= 15 is 0 Å². The van der Waals surface area contributed by atoms with Gasteiger partial charge < -0.3 is 31.5 Å². The van der Waals surface area contributed by atoms with Crippen molar-refractivity contribution in [1.29, 1.82) is 0 Å². The number of carbonyl (C=O) groups is 3. The molecule has 0 aliphatic carbocycles.